The van der Waals surface area contributed by atoms with Crippen molar-refractivity contribution in [2.24, 2.45) is 0 Å². The molecule has 1 saturated heterocycles. The second kappa shape index (κ2) is 6.41. The van der Waals surface area contributed by atoms with E-state index in [0.29, 0.717) is 0 Å². The molecule has 2 rings (SSSR count). The van der Waals surface area contributed by atoms with Crippen LogP contribution in [-0.4, -0.2) is 46.5 Å². The van der Waals surface area contributed by atoms with E-state index in [-0.39, 0.29) is 6.10 Å². The molecule has 1 aromatic carbocycles. The first-order valence-corrected chi connectivity index (χ1v) is 6.87. The Labute approximate surface area is 116 Å². The minimum Gasteiger partial charge on any atom is -0.496 e. The normalized spacial score (nSPS) is 19.6. The Hall–Kier alpha value is -0.780. The molecule has 18 heavy (non-hydrogen) atoms. The maximum atomic E-state index is 5.70. The number of ether oxygens (including phenoxy) is 2. The molecule has 5 heteroatoms. The van der Waals surface area contributed by atoms with Gasteiger partial charge in [-0.3, -0.25) is 0 Å². The van der Waals surface area contributed by atoms with Crippen LogP contribution in [-0.2, 0) is 4.74 Å². The summed E-state index contributed by atoms with van der Waals surface area (Å²) in [6, 6.07) is 6.09. The largest absolute Gasteiger partial charge is 0.496 e. The van der Waals surface area contributed by atoms with Crippen molar-refractivity contribution in [3.05, 3.63) is 22.7 Å². The number of hydrogen-bond donors (Lipinski definition) is 1. The van der Waals surface area contributed by atoms with E-state index in [4.69, 9.17) is 9.47 Å². The predicted molar refractivity (Wildman–Crippen MR) is 76.6 cm³/mol. The van der Waals surface area contributed by atoms with E-state index in [0.717, 1.165) is 42.2 Å². The molecule has 0 radical (unpaired) electrons. The number of rotatable bonds is 4. The number of hydrogen-bond acceptors (Lipinski definition) is 4. The number of morpholine rings is 1. The molecule has 1 aliphatic heterocycles. The van der Waals surface area contributed by atoms with E-state index in [9.17, 15) is 0 Å². The fourth-order valence-electron chi connectivity index (χ4n) is 2.04. The van der Waals surface area contributed by atoms with Gasteiger partial charge >= 0.3 is 0 Å². The van der Waals surface area contributed by atoms with Crippen LogP contribution < -0.4 is 15.0 Å². The summed E-state index contributed by atoms with van der Waals surface area (Å²) in [6.45, 7) is 3.55. The van der Waals surface area contributed by atoms with E-state index >= 15 is 0 Å². The van der Waals surface area contributed by atoms with E-state index in [2.05, 4.69) is 45.3 Å². The molecule has 4 nitrogen and oxygen atoms in total. The number of anilines is 1. The van der Waals surface area contributed by atoms with E-state index in [1.165, 1.54) is 0 Å². The molecule has 0 amide bonds. The molecule has 1 N–H and O–H groups in total. The topological polar surface area (TPSA) is 33.7 Å². The van der Waals surface area contributed by atoms with Crippen molar-refractivity contribution in [2.75, 3.05) is 45.3 Å². The third kappa shape index (κ3) is 3.37. The third-order valence-corrected chi connectivity index (χ3v) is 3.68. The highest BCUT2D eigenvalue weighted by Gasteiger charge is 2.16. The van der Waals surface area contributed by atoms with Crippen LogP contribution in [0.5, 0.6) is 5.75 Å². The fraction of sp³-hybridized carbons (Fsp3) is 0.538. The van der Waals surface area contributed by atoms with Gasteiger partial charge in [-0.05, 0) is 34.1 Å². The molecule has 1 heterocycles. The molecule has 100 valence electrons. The number of nitrogens with zero attached hydrogens (tertiary/aromatic N) is 1. The zero-order chi connectivity index (χ0) is 13.0. The van der Waals surface area contributed by atoms with Gasteiger partial charge in [0.25, 0.3) is 0 Å². The predicted octanol–water partition coefficient (Wildman–Crippen LogP) is 1.88. The molecule has 1 aromatic rings. The lowest BCUT2D eigenvalue weighted by atomic mass is 10.2. The maximum absolute atomic E-state index is 5.70. The summed E-state index contributed by atoms with van der Waals surface area (Å²) in [5, 5.41) is 3.34. The summed E-state index contributed by atoms with van der Waals surface area (Å²) in [5.41, 5.74) is 1.15. The van der Waals surface area contributed by atoms with Crippen molar-refractivity contribution < 1.29 is 9.47 Å². The van der Waals surface area contributed by atoms with Crippen molar-refractivity contribution in [2.45, 2.75) is 6.10 Å². The molecular weight excluding hydrogens is 296 g/mol. The number of methoxy groups -OCH3 is 1. The average molecular weight is 315 g/mol. The van der Waals surface area contributed by atoms with E-state index in [1.54, 1.807) is 7.11 Å². The van der Waals surface area contributed by atoms with Crippen LogP contribution in [0.2, 0.25) is 0 Å². The van der Waals surface area contributed by atoms with Gasteiger partial charge in [0, 0.05) is 32.4 Å². The molecular formula is C13H19BrN2O2. The Balaban J connectivity index is 1.99. The monoisotopic (exact) mass is 314 g/mol. The lowest BCUT2D eigenvalue weighted by Crippen LogP contribution is -2.44. The highest BCUT2D eigenvalue weighted by Crippen LogP contribution is 2.29. The fourth-order valence-corrected chi connectivity index (χ4v) is 2.57. The van der Waals surface area contributed by atoms with Gasteiger partial charge in [0.2, 0.25) is 0 Å². The van der Waals surface area contributed by atoms with Crippen LogP contribution in [0.1, 0.15) is 0 Å². The third-order valence-electron chi connectivity index (χ3n) is 3.06. The summed E-state index contributed by atoms with van der Waals surface area (Å²) in [7, 11) is 3.75. The molecule has 0 aromatic heterocycles. The number of nitrogens with one attached hydrogen (secondary N) is 1. The van der Waals surface area contributed by atoms with Crippen LogP contribution in [0.15, 0.2) is 22.7 Å². The average Bonchev–Trinajstić information content (AvgIpc) is 2.39. The van der Waals surface area contributed by atoms with Crippen LogP contribution in [0.4, 0.5) is 5.69 Å². The highest BCUT2D eigenvalue weighted by atomic mass is 79.9. The molecule has 0 spiro atoms. The van der Waals surface area contributed by atoms with Gasteiger partial charge < -0.3 is 19.7 Å². The van der Waals surface area contributed by atoms with Gasteiger partial charge in [-0.15, -0.1) is 0 Å². The molecule has 0 aliphatic carbocycles. The smallest absolute Gasteiger partial charge is 0.133 e. The van der Waals surface area contributed by atoms with Gasteiger partial charge in [0.15, 0.2) is 0 Å². The van der Waals surface area contributed by atoms with Gasteiger partial charge in [0.1, 0.15) is 5.75 Å². The molecule has 1 atom stereocenters. The first-order chi connectivity index (χ1) is 8.70. The second-order valence-corrected chi connectivity index (χ2v) is 5.25. The standard InChI is InChI=1S/C13H19BrN2O2/c1-16(9-11-8-15-5-6-18-11)10-3-4-13(17-2)12(14)7-10/h3-4,7,11,15H,5-6,8-9H2,1-2H3. The Bertz CT molecular complexity index is 395. The SMILES string of the molecule is COc1ccc(N(C)CC2CNCCO2)cc1Br. The Morgan fingerprint density at radius 2 is 2.39 bits per heavy atom. The van der Waals surface area contributed by atoms with E-state index < -0.39 is 0 Å². The van der Waals surface area contributed by atoms with Gasteiger partial charge in [-0.2, -0.15) is 0 Å². The van der Waals surface area contributed by atoms with Crippen LogP contribution in [0.25, 0.3) is 0 Å². The first-order valence-electron chi connectivity index (χ1n) is 6.07. The molecule has 0 saturated carbocycles. The summed E-state index contributed by atoms with van der Waals surface area (Å²) in [5.74, 6) is 0.850. The lowest BCUT2D eigenvalue weighted by Gasteiger charge is -2.29. The number of halogens is 1. The minimum absolute atomic E-state index is 0.254. The van der Waals surface area contributed by atoms with Crippen LogP contribution >= 0.6 is 15.9 Å². The Morgan fingerprint density at radius 3 is 3.00 bits per heavy atom. The highest BCUT2D eigenvalue weighted by molar-refractivity contribution is 9.10. The van der Waals surface area contributed by atoms with Gasteiger partial charge in [-0.25, -0.2) is 0 Å². The molecule has 1 unspecified atom stereocenters. The summed E-state index contributed by atoms with van der Waals surface area (Å²) in [6.07, 6.45) is 0.254. The first kappa shape index (κ1) is 13.6. The van der Waals surface area contributed by atoms with Gasteiger partial charge in [-0.1, -0.05) is 0 Å². The molecule has 1 aliphatic rings. The number of benzene rings is 1. The zero-order valence-corrected chi connectivity index (χ0v) is 12.4. The summed E-state index contributed by atoms with van der Waals surface area (Å²) in [4.78, 5) is 2.20. The van der Waals surface area contributed by atoms with Gasteiger partial charge in [0.05, 0.1) is 24.3 Å². The summed E-state index contributed by atoms with van der Waals surface area (Å²) >= 11 is 3.51. The van der Waals surface area contributed by atoms with Crippen molar-refractivity contribution >= 4 is 21.6 Å². The van der Waals surface area contributed by atoms with Crippen LogP contribution in [0, 0.1) is 0 Å². The van der Waals surface area contributed by atoms with E-state index in [1.807, 2.05) is 6.07 Å². The van der Waals surface area contributed by atoms with Crippen molar-refractivity contribution in [3.63, 3.8) is 0 Å². The van der Waals surface area contributed by atoms with Crippen molar-refractivity contribution in [3.8, 4) is 5.75 Å². The second-order valence-electron chi connectivity index (χ2n) is 4.40. The summed E-state index contributed by atoms with van der Waals surface area (Å²) < 4.78 is 11.9. The zero-order valence-electron chi connectivity index (χ0n) is 10.8. The van der Waals surface area contributed by atoms with Crippen LogP contribution in [0.3, 0.4) is 0 Å². The lowest BCUT2D eigenvalue weighted by molar-refractivity contribution is 0.0340. The number of likely N-dealkylation sites (N-methyl/N-ethyl adjacent to an activating group) is 1. The molecule has 0 bridgehead atoms. The Morgan fingerprint density at radius 1 is 1.56 bits per heavy atom. The Kier molecular flexibility index (Phi) is 4.86. The van der Waals surface area contributed by atoms with Crippen molar-refractivity contribution in [1.82, 2.24) is 5.32 Å². The minimum atomic E-state index is 0.254. The maximum Gasteiger partial charge on any atom is 0.133 e. The quantitative estimate of drug-likeness (QED) is 0.920. The van der Waals surface area contributed by atoms with Crippen molar-refractivity contribution in [1.29, 1.82) is 0 Å². The molecule has 1 fully saturated rings.